The molecule has 0 radical (unpaired) electrons. The molecule has 25 heavy (non-hydrogen) atoms. The Bertz CT molecular complexity index is 605. The van der Waals surface area contributed by atoms with E-state index in [1.54, 1.807) is 0 Å². The SMILES string of the molecule is O=C(Cc1ccccc1)NCCNC(=O)C12CC3CC(CC(C3)C1)C2. The third-order valence-corrected chi connectivity index (χ3v) is 6.46. The maximum atomic E-state index is 12.8. The second-order valence-electron chi connectivity index (χ2n) is 8.47. The minimum atomic E-state index is -0.0944. The standard InChI is InChI=1S/C21H28N2O2/c24-19(11-15-4-2-1-3-5-15)22-6-7-23-20(25)21-12-16-8-17(13-21)10-18(9-16)14-21/h1-5,16-18H,6-14H2,(H,22,24)(H,23,25). The molecule has 0 heterocycles. The Balaban J connectivity index is 1.21. The lowest BCUT2D eigenvalue weighted by atomic mass is 9.49. The maximum Gasteiger partial charge on any atom is 0.226 e. The van der Waals surface area contributed by atoms with Gasteiger partial charge < -0.3 is 10.6 Å². The Labute approximate surface area is 149 Å². The van der Waals surface area contributed by atoms with Gasteiger partial charge in [-0.15, -0.1) is 0 Å². The summed E-state index contributed by atoms with van der Waals surface area (Å²) in [5.74, 6) is 2.59. The molecule has 4 heteroatoms. The van der Waals surface area contributed by atoms with Crippen LogP contribution in [0.3, 0.4) is 0 Å². The molecule has 1 aromatic rings. The third-order valence-electron chi connectivity index (χ3n) is 6.46. The minimum absolute atomic E-state index is 0.00949. The molecule has 2 N–H and O–H groups in total. The fourth-order valence-electron chi connectivity index (χ4n) is 5.80. The van der Waals surface area contributed by atoms with E-state index in [2.05, 4.69) is 10.6 Å². The van der Waals surface area contributed by atoms with E-state index >= 15 is 0 Å². The molecule has 0 spiro atoms. The Morgan fingerprint density at radius 1 is 0.880 bits per heavy atom. The van der Waals surface area contributed by atoms with Crippen LogP contribution < -0.4 is 10.6 Å². The van der Waals surface area contributed by atoms with Gasteiger partial charge in [0.05, 0.1) is 6.42 Å². The first-order valence-electron chi connectivity index (χ1n) is 9.72. The van der Waals surface area contributed by atoms with Crippen molar-refractivity contribution in [1.82, 2.24) is 10.6 Å². The smallest absolute Gasteiger partial charge is 0.226 e. The molecule has 4 nitrogen and oxygen atoms in total. The summed E-state index contributed by atoms with van der Waals surface area (Å²) in [5, 5.41) is 6.01. The van der Waals surface area contributed by atoms with Gasteiger partial charge in [-0.25, -0.2) is 0 Å². The fourth-order valence-corrected chi connectivity index (χ4v) is 5.80. The number of hydrogen-bond acceptors (Lipinski definition) is 2. The zero-order chi connectivity index (χ0) is 17.3. The summed E-state index contributed by atoms with van der Waals surface area (Å²) in [4.78, 5) is 24.8. The van der Waals surface area contributed by atoms with Crippen molar-refractivity contribution in [2.75, 3.05) is 13.1 Å². The molecule has 134 valence electrons. The van der Waals surface area contributed by atoms with Crippen LogP contribution in [-0.2, 0) is 16.0 Å². The number of benzene rings is 1. The van der Waals surface area contributed by atoms with E-state index in [-0.39, 0.29) is 17.2 Å². The van der Waals surface area contributed by atoms with Crippen molar-refractivity contribution >= 4 is 11.8 Å². The lowest BCUT2D eigenvalue weighted by Crippen LogP contribution is -2.54. The van der Waals surface area contributed by atoms with Gasteiger partial charge in [-0.05, 0) is 61.8 Å². The van der Waals surface area contributed by atoms with Crippen molar-refractivity contribution in [3.05, 3.63) is 35.9 Å². The molecule has 0 saturated heterocycles. The van der Waals surface area contributed by atoms with E-state index in [9.17, 15) is 9.59 Å². The van der Waals surface area contributed by atoms with E-state index in [0.717, 1.165) is 42.6 Å². The number of hydrogen-bond donors (Lipinski definition) is 2. The molecule has 4 bridgehead atoms. The lowest BCUT2D eigenvalue weighted by molar-refractivity contribution is -0.146. The summed E-state index contributed by atoms with van der Waals surface area (Å²) in [6.45, 7) is 1.03. The van der Waals surface area contributed by atoms with Crippen LogP contribution in [0.4, 0.5) is 0 Å². The summed E-state index contributed by atoms with van der Waals surface area (Å²) in [6.07, 6.45) is 7.71. The first-order valence-corrected chi connectivity index (χ1v) is 9.72. The van der Waals surface area contributed by atoms with E-state index in [1.165, 1.54) is 19.3 Å². The predicted octanol–water partition coefficient (Wildman–Crippen LogP) is 2.68. The zero-order valence-electron chi connectivity index (χ0n) is 14.8. The first-order chi connectivity index (χ1) is 12.1. The molecule has 1 aromatic carbocycles. The van der Waals surface area contributed by atoms with E-state index in [0.29, 0.717) is 19.5 Å². The second kappa shape index (κ2) is 6.81. The summed E-state index contributed by atoms with van der Waals surface area (Å²) in [7, 11) is 0. The number of amides is 2. The average Bonchev–Trinajstić information content (AvgIpc) is 2.58. The van der Waals surface area contributed by atoms with Gasteiger partial charge in [0, 0.05) is 18.5 Å². The van der Waals surface area contributed by atoms with Crippen molar-refractivity contribution in [2.24, 2.45) is 23.2 Å². The van der Waals surface area contributed by atoms with Crippen LogP contribution in [0.25, 0.3) is 0 Å². The fraction of sp³-hybridized carbons (Fsp3) is 0.619. The van der Waals surface area contributed by atoms with Crippen LogP contribution in [0, 0.1) is 23.2 Å². The lowest BCUT2D eigenvalue weighted by Gasteiger charge is -2.55. The average molecular weight is 340 g/mol. The maximum absolute atomic E-state index is 12.8. The van der Waals surface area contributed by atoms with E-state index in [4.69, 9.17) is 0 Å². The van der Waals surface area contributed by atoms with Gasteiger partial charge in [-0.3, -0.25) is 9.59 Å². The Hall–Kier alpha value is -1.84. The predicted molar refractivity (Wildman–Crippen MR) is 96.8 cm³/mol. The van der Waals surface area contributed by atoms with Gasteiger partial charge in [0.2, 0.25) is 11.8 Å². The normalized spacial score (nSPS) is 32.4. The minimum Gasteiger partial charge on any atom is -0.354 e. The molecule has 0 aromatic heterocycles. The van der Waals surface area contributed by atoms with E-state index < -0.39 is 0 Å². The van der Waals surface area contributed by atoms with Gasteiger partial charge in [0.25, 0.3) is 0 Å². The van der Waals surface area contributed by atoms with Crippen molar-refractivity contribution in [3.8, 4) is 0 Å². The second-order valence-corrected chi connectivity index (χ2v) is 8.47. The molecule has 4 aliphatic rings. The van der Waals surface area contributed by atoms with Crippen molar-refractivity contribution in [3.63, 3.8) is 0 Å². The van der Waals surface area contributed by atoms with Crippen molar-refractivity contribution in [2.45, 2.75) is 44.9 Å². The third kappa shape index (κ3) is 3.58. The van der Waals surface area contributed by atoms with Gasteiger partial charge in [0.15, 0.2) is 0 Å². The summed E-state index contributed by atoms with van der Waals surface area (Å²) < 4.78 is 0. The van der Waals surface area contributed by atoms with Crippen LogP contribution >= 0.6 is 0 Å². The highest BCUT2D eigenvalue weighted by atomic mass is 16.2. The molecule has 0 aliphatic heterocycles. The molecule has 2 amide bonds. The number of carbonyl (C=O) groups excluding carboxylic acids is 2. The number of rotatable bonds is 6. The Morgan fingerprint density at radius 3 is 2.04 bits per heavy atom. The molecule has 0 unspecified atom stereocenters. The Morgan fingerprint density at radius 2 is 1.44 bits per heavy atom. The summed E-state index contributed by atoms with van der Waals surface area (Å²) >= 11 is 0. The molecule has 4 aliphatic carbocycles. The molecule has 0 atom stereocenters. The highest BCUT2D eigenvalue weighted by molar-refractivity contribution is 5.83. The van der Waals surface area contributed by atoms with Crippen LogP contribution in [0.2, 0.25) is 0 Å². The highest BCUT2D eigenvalue weighted by Crippen LogP contribution is 2.60. The van der Waals surface area contributed by atoms with Crippen molar-refractivity contribution in [1.29, 1.82) is 0 Å². The van der Waals surface area contributed by atoms with E-state index in [1.807, 2.05) is 30.3 Å². The van der Waals surface area contributed by atoms with Gasteiger partial charge >= 0.3 is 0 Å². The molecule has 4 fully saturated rings. The quantitative estimate of drug-likeness (QED) is 0.782. The van der Waals surface area contributed by atoms with Crippen molar-refractivity contribution < 1.29 is 9.59 Å². The largest absolute Gasteiger partial charge is 0.354 e. The molecule has 4 saturated carbocycles. The van der Waals surface area contributed by atoms with Crippen LogP contribution in [0.1, 0.15) is 44.1 Å². The summed E-state index contributed by atoms with van der Waals surface area (Å²) in [6, 6.07) is 9.73. The first kappa shape index (κ1) is 16.6. The van der Waals surface area contributed by atoms with Gasteiger partial charge in [0.1, 0.15) is 0 Å². The van der Waals surface area contributed by atoms with Crippen LogP contribution in [0.5, 0.6) is 0 Å². The zero-order valence-corrected chi connectivity index (χ0v) is 14.8. The molecular formula is C21H28N2O2. The van der Waals surface area contributed by atoms with Crippen LogP contribution in [0.15, 0.2) is 30.3 Å². The molecule has 5 rings (SSSR count). The topological polar surface area (TPSA) is 58.2 Å². The van der Waals surface area contributed by atoms with Gasteiger partial charge in [-0.1, -0.05) is 30.3 Å². The number of nitrogens with one attached hydrogen (secondary N) is 2. The van der Waals surface area contributed by atoms with Crippen LogP contribution in [-0.4, -0.2) is 24.9 Å². The summed E-state index contributed by atoms with van der Waals surface area (Å²) in [5.41, 5.74) is 0.917. The molecular weight excluding hydrogens is 312 g/mol. The van der Waals surface area contributed by atoms with Gasteiger partial charge in [-0.2, -0.15) is 0 Å². The highest BCUT2D eigenvalue weighted by Gasteiger charge is 2.54. The number of carbonyl (C=O) groups is 2. The monoisotopic (exact) mass is 340 g/mol. The Kier molecular flexibility index (Phi) is 4.53.